The molecule has 1 saturated heterocycles. The van der Waals surface area contributed by atoms with Gasteiger partial charge in [0.05, 0.1) is 4.90 Å². The molecule has 0 unspecified atom stereocenters. The van der Waals surface area contributed by atoms with Crippen molar-refractivity contribution < 1.29 is 13.2 Å². The highest BCUT2D eigenvalue weighted by Crippen LogP contribution is 2.29. The Kier molecular flexibility index (Phi) is 4.73. The predicted octanol–water partition coefficient (Wildman–Crippen LogP) is 1.93. The fourth-order valence-corrected chi connectivity index (χ4v) is 4.42. The largest absolute Gasteiger partial charge is 0.353 e. The molecule has 1 amide bonds. The van der Waals surface area contributed by atoms with Crippen LogP contribution in [0.4, 0.5) is 0 Å². The van der Waals surface area contributed by atoms with Crippen LogP contribution in [-0.4, -0.2) is 37.8 Å². The van der Waals surface area contributed by atoms with Crippen LogP contribution >= 0.6 is 0 Å². The number of carbonyl (C=O) groups is 1. The molecule has 1 aromatic rings. The van der Waals surface area contributed by atoms with Crippen molar-refractivity contribution in [2.75, 3.05) is 13.1 Å². The smallest absolute Gasteiger partial charge is 0.243 e. The zero-order valence-corrected chi connectivity index (χ0v) is 14.3. The van der Waals surface area contributed by atoms with Gasteiger partial charge in [-0.25, -0.2) is 8.42 Å². The number of sulfonamides is 1. The summed E-state index contributed by atoms with van der Waals surface area (Å²) in [5.74, 6) is 0.343. The van der Waals surface area contributed by atoms with Crippen LogP contribution in [0.25, 0.3) is 0 Å². The molecule has 1 aliphatic carbocycles. The number of aryl methyl sites for hydroxylation is 1. The van der Waals surface area contributed by atoms with Gasteiger partial charge in [-0.3, -0.25) is 4.79 Å². The lowest BCUT2D eigenvalue weighted by Crippen LogP contribution is -2.46. The number of nitrogens with one attached hydrogen (secondary N) is 1. The second kappa shape index (κ2) is 6.61. The molecular formula is C17H24N2O3S. The van der Waals surface area contributed by atoms with Crippen LogP contribution in [0, 0.1) is 5.92 Å². The van der Waals surface area contributed by atoms with Gasteiger partial charge in [0.2, 0.25) is 15.9 Å². The van der Waals surface area contributed by atoms with Gasteiger partial charge in [0.1, 0.15) is 0 Å². The van der Waals surface area contributed by atoms with Crippen molar-refractivity contribution in [3.05, 3.63) is 29.8 Å². The van der Waals surface area contributed by atoms with Crippen LogP contribution in [-0.2, 0) is 21.2 Å². The Morgan fingerprint density at radius 3 is 2.26 bits per heavy atom. The van der Waals surface area contributed by atoms with E-state index in [0.29, 0.717) is 30.8 Å². The van der Waals surface area contributed by atoms with Crippen molar-refractivity contribution >= 4 is 15.9 Å². The fourth-order valence-electron chi connectivity index (χ4n) is 2.95. The van der Waals surface area contributed by atoms with E-state index < -0.39 is 10.0 Å². The van der Waals surface area contributed by atoms with Gasteiger partial charge in [-0.05, 0) is 49.8 Å². The summed E-state index contributed by atoms with van der Waals surface area (Å²) >= 11 is 0. The first-order valence-corrected chi connectivity index (χ1v) is 9.84. The first kappa shape index (κ1) is 16.5. The van der Waals surface area contributed by atoms with Crippen molar-refractivity contribution in [3.8, 4) is 0 Å². The molecule has 0 atom stereocenters. The first-order valence-electron chi connectivity index (χ1n) is 8.40. The standard InChI is InChI=1S/C17H24N2O3S/c1-2-13-3-7-16(8-4-13)23(21,22)19-11-9-15(10-12-19)18-17(20)14-5-6-14/h3-4,7-8,14-15H,2,5-6,9-12H2,1H3,(H,18,20). The normalized spacial score (nSPS) is 20.4. The van der Waals surface area contributed by atoms with Crippen molar-refractivity contribution in [1.82, 2.24) is 9.62 Å². The third-order valence-electron chi connectivity index (χ3n) is 4.72. The van der Waals surface area contributed by atoms with Gasteiger partial charge in [0, 0.05) is 25.0 Å². The summed E-state index contributed by atoms with van der Waals surface area (Å²) in [4.78, 5) is 12.1. The van der Waals surface area contributed by atoms with E-state index in [0.717, 1.165) is 24.8 Å². The molecule has 2 fully saturated rings. The van der Waals surface area contributed by atoms with E-state index in [4.69, 9.17) is 0 Å². The highest BCUT2D eigenvalue weighted by Gasteiger charge is 2.33. The minimum Gasteiger partial charge on any atom is -0.353 e. The molecule has 5 nitrogen and oxygen atoms in total. The lowest BCUT2D eigenvalue weighted by atomic mass is 10.1. The number of piperidine rings is 1. The molecule has 1 saturated carbocycles. The summed E-state index contributed by atoms with van der Waals surface area (Å²) in [6.45, 7) is 2.98. The summed E-state index contributed by atoms with van der Waals surface area (Å²) in [5.41, 5.74) is 1.13. The van der Waals surface area contributed by atoms with Crippen LogP contribution in [0.2, 0.25) is 0 Å². The van der Waals surface area contributed by atoms with E-state index >= 15 is 0 Å². The predicted molar refractivity (Wildman–Crippen MR) is 88.5 cm³/mol. The van der Waals surface area contributed by atoms with Crippen LogP contribution in [0.1, 0.15) is 38.2 Å². The van der Waals surface area contributed by atoms with Gasteiger partial charge in [-0.15, -0.1) is 0 Å². The summed E-state index contributed by atoms with van der Waals surface area (Å²) in [7, 11) is -3.42. The summed E-state index contributed by atoms with van der Waals surface area (Å²) in [6, 6.07) is 7.23. The number of carbonyl (C=O) groups excluding carboxylic acids is 1. The Hall–Kier alpha value is -1.40. The minimum atomic E-state index is -3.42. The summed E-state index contributed by atoms with van der Waals surface area (Å²) in [5, 5.41) is 3.05. The van der Waals surface area contributed by atoms with E-state index in [-0.39, 0.29) is 17.9 Å². The zero-order chi connectivity index (χ0) is 16.4. The number of hydrogen-bond acceptors (Lipinski definition) is 3. The Balaban J connectivity index is 1.59. The maximum atomic E-state index is 12.7. The Bertz CT molecular complexity index is 658. The topological polar surface area (TPSA) is 66.5 Å². The molecule has 1 aliphatic heterocycles. The molecule has 6 heteroatoms. The number of benzene rings is 1. The van der Waals surface area contributed by atoms with Crippen LogP contribution in [0.5, 0.6) is 0 Å². The maximum Gasteiger partial charge on any atom is 0.243 e. The van der Waals surface area contributed by atoms with Gasteiger partial charge >= 0.3 is 0 Å². The number of amides is 1. The number of nitrogens with zero attached hydrogens (tertiary/aromatic N) is 1. The number of hydrogen-bond donors (Lipinski definition) is 1. The molecule has 0 radical (unpaired) electrons. The highest BCUT2D eigenvalue weighted by molar-refractivity contribution is 7.89. The van der Waals surface area contributed by atoms with Crippen LogP contribution in [0.3, 0.4) is 0 Å². The highest BCUT2D eigenvalue weighted by atomic mass is 32.2. The van der Waals surface area contributed by atoms with E-state index in [1.54, 1.807) is 12.1 Å². The lowest BCUT2D eigenvalue weighted by molar-refractivity contribution is -0.123. The van der Waals surface area contributed by atoms with E-state index in [1.165, 1.54) is 4.31 Å². The van der Waals surface area contributed by atoms with E-state index in [1.807, 2.05) is 19.1 Å². The average Bonchev–Trinajstić information content (AvgIpc) is 3.40. The minimum absolute atomic E-state index is 0.108. The maximum absolute atomic E-state index is 12.7. The second-order valence-electron chi connectivity index (χ2n) is 6.46. The SMILES string of the molecule is CCc1ccc(S(=O)(=O)N2CCC(NC(=O)C3CC3)CC2)cc1. The summed E-state index contributed by atoms with van der Waals surface area (Å²) in [6.07, 6.45) is 4.25. The molecule has 3 rings (SSSR count). The van der Waals surface area contributed by atoms with E-state index in [9.17, 15) is 13.2 Å². The Labute approximate surface area is 138 Å². The molecule has 1 N–H and O–H groups in total. The molecule has 1 heterocycles. The lowest BCUT2D eigenvalue weighted by Gasteiger charge is -2.31. The first-order chi connectivity index (χ1) is 11.0. The van der Waals surface area contributed by atoms with Crippen molar-refractivity contribution in [3.63, 3.8) is 0 Å². The molecular weight excluding hydrogens is 312 g/mol. The van der Waals surface area contributed by atoms with Crippen LogP contribution in [0.15, 0.2) is 29.2 Å². The molecule has 2 aliphatic rings. The third-order valence-corrected chi connectivity index (χ3v) is 6.63. The van der Waals surface area contributed by atoms with Gasteiger partial charge < -0.3 is 5.32 Å². The number of rotatable bonds is 5. The van der Waals surface area contributed by atoms with Crippen molar-refractivity contribution in [2.24, 2.45) is 5.92 Å². The Morgan fingerprint density at radius 2 is 1.74 bits per heavy atom. The van der Waals surface area contributed by atoms with E-state index in [2.05, 4.69) is 5.32 Å². The van der Waals surface area contributed by atoms with Gasteiger partial charge in [-0.2, -0.15) is 4.31 Å². The van der Waals surface area contributed by atoms with Crippen LogP contribution < -0.4 is 5.32 Å². The third kappa shape index (κ3) is 3.75. The molecule has 0 bridgehead atoms. The quantitative estimate of drug-likeness (QED) is 0.893. The fraction of sp³-hybridized carbons (Fsp3) is 0.588. The zero-order valence-electron chi connectivity index (χ0n) is 13.5. The molecule has 126 valence electrons. The van der Waals surface area contributed by atoms with Crippen molar-refractivity contribution in [2.45, 2.75) is 50.0 Å². The molecule has 0 aromatic heterocycles. The summed E-state index contributed by atoms with van der Waals surface area (Å²) < 4.78 is 26.9. The molecule has 0 spiro atoms. The van der Waals surface area contributed by atoms with Gasteiger partial charge in [0.25, 0.3) is 0 Å². The monoisotopic (exact) mass is 336 g/mol. The second-order valence-corrected chi connectivity index (χ2v) is 8.40. The van der Waals surface area contributed by atoms with Gasteiger partial charge in [0.15, 0.2) is 0 Å². The molecule has 1 aromatic carbocycles. The van der Waals surface area contributed by atoms with Crippen molar-refractivity contribution in [1.29, 1.82) is 0 Å². The average molecular weight is 336 g/mol. The molecule has 23 heavy (non-hydrogen) atoms. The Morgan fingerprint density at radius 1 is 1.13 bits per heavy atom. The van der Waals surface area contributed by atoms with Gasteiger partial charge in [-0.1, -0.05) is 19.1 Å².